The fourth-order valence-electron chi connectivity index (χ4n) is 4.99. The second-order valence-electron chi connectivity index (χ2n) is 8.83. The highest BCUT2D eigenvalue weighted by atomic mass is 32.2. The molecule has 2 aliphatic heterocycles. The Balaban J connectivity index is 1.83. The van der Waals surface area contributed by atoms with E-state index in [-0.39, 0.29) is 23.3 Å². The number of nitrogens with zero attached hydrogens (tertiary/aromatic N) is 2. The van der Waals surface area contributed by atoms with Crippen LogP contribution in [-0.4, -0.2) is 43.8 Å². The molecule has 2 aromatic rings. The lowest BCUT2D eigenvalue weighted by Crippen LogP contribution is -2.53. The van der Waals surface area contributed by atoms with Crippen molar-refractivity contribution in [1.82, 2.24) is 4.90 Å². The minimum absolute atomic E-state index is 0.0908. The minimum Gasteiger partial charge on any atom is -0.340 e. The largest absolute Gasteiger partial charge is 0.340 e. The van der Waals surface area contributed by atoms with Crippen LogP contribution < -0.4 is 9.62 Å². The zero-order valence-electron chi connectivity index (χ0n) is 18.9. The molecule has 2 atom stereocenters. The average Bonchev–Trinajstić information content (AvgIpc) is 3.13. The molecule has 0 aromatic heterocycles. The number of benzene rings is 2. The van der Waals surface area contributed by atoms with Crippen LogP contribution in [0.4, 0.5) is 11.4 Å². The third kappa shape index (κ3) is 3.77. The van der Waals surface area contributed by atoms with Crippen LogP contribution in [0.15, 0.2) is 41.3 Å². The molecule has 32 heavy (non-hydrogen) atoms. The van der Waals surface area contributed by atoms with Crippen molar-refractivity contribution in [2.45, 2.75) is 63.9 Å². The van der Waals surface area contributed by atoms with E-state index in [0.29, 0.717) is 29.0 Å². The van der Waals surface area contributed by atoms with Gasteiger partial charge in [0.25, 0.3) is 10.0 Å². The van der Waals surface area contributed by atoms with E-state index in [1.54, 1.807) is 43.0 Å². The van der Waals surface area contributed by atoms with Crippen molar-refractivity contribution in [3.05, 3.63) is 53.1 Å². The lowest BCUT2D eigenvalue weighted by atomic mass is 10.1. The van der Waals surface area contributed by atoms with Crippen molar-refractivity contribution >= 4 is 33.2 Å². The Hall–Kier alpha value is -2.87. The quantitative estimate of drug-likeness (QED) is 0.764. The Labute approximate surface area is 189 Å². The highest BCUT2D eigenvalue weighted by Gasteiger charge is 2.44. The number of amides is 2. The van der Waals surface area contributed by atoms with Crippen LogP contribution in [0.5, 0.6) is 0 Å². The number of nitrogens with one attached hydrogen (secondary N) is 1. The topological polar surface area (TPSA) is 86.8 Å². The summed E-state index contributed by atoms with van der Waals surface area (Å²) < 4.78 is 29.3. The van der Waals surface area contributed by atoms with E-state index in [2.05, 4.69) is 5.32 Å². The maximum Gasteiger partial charge on any atom is 0.265 e. The van der Waals surface area contributed by atoms with E-state index in [0.717, 1.165) is 22.7 Å². The first-order valence-corrected chi connectivity index (χ1v) is 12.4. The molecule has 0 aliphatic carbocycles. The second-order valence-corrected chi connectivity index (χ2v) is 10.6. The predicted octanol–water partition coefficient (Wildman–Crippen LogP) is 3.53. The summed E-state index contributed by atoms with van der Waals surface area (Å²) in [6, 6.07) is 9.39. The molecule has 2 unspecified atom stereocenters. The number of fused-ring (bicyclic) bond motifs is 1. The molecule has 1 fully saturated rings. The maximum absolute atomic E-state index is 14.0. The molecule has 0 spiro atoms. The van der Waals surface area contributed by atoms with Gasteiger partial charge in [-0.3, -0.25) is 13.9 Å². The van der Waals surface area contributed by atoms with Gasteiger partial charge in [0.1, 0.15) is 6.04 Å². The summed E-state index contributed by atoms with van der Waals surface area (Å²) in [5.41, 5.74) is 2.99. The summed E-state index contributed by atoms with van der Waals surface area (Å²) in [7, 11) is -4.12. The molecule has 2 amide bonds. The smallest absolute Gasteiger partial charge is 0.265 e. The maximum atomic E-state index is 14.0. The standard InChI is InChI=1S/C24H29N3O4S/c1-15-12-16(2)23(17(3)13-15)32(30,31)27-20-10-6-5-9-19(20)25-24(29)21(27)14-22(28)26-11-7-8-18(26)4/h5-6,9-10,12-13,18,21H,7-8,11,14H2,1-4H3,(H,25,29). The van der Waals surface area contributed by atoms with Crippen molar-refractivity contribution < 1.29 is 18.0 Å². The number of anilines is 2. The van der Waals surface area contributed by atoms with Gasteiger partial charge in [-0.05, 0) is 63.8 Å². The van der Waals surface area contributed by atoms with Gasteiger partial charge < -0.3 is 10.2 Å². The molecule has 2 aromatic carbocycles. The van der Waals surface area contributed by atoms with Crippen molar-refractivity contribution in [1.29, 1.82) is 0 Å². The second kappa shape index (κ2) is 8.24. The zero-order valence-corrected chi connectivity index (χ0v) is 19.7. The number of sulfonamides is 1. The number of rotatable bonds is 4. The Bertz CT molecular complexity index is 1170. The third-order valence-electron chi connectivity index (χ3n) is 6.35. The molecule has 0 radical (unpaired) electrons. The zero-order chi connectivity index (χ0) is 23.2. The number of carbonyl (C=O) groups excluding carboxylic acids is 2. The van der Waals surface area contributed by atoms with Crippen LogP contribution >= 0.6 is 0 Å². The van der Waals surface area contributed by atoms with Crippen molar-refractivity contribution in [2.75, 3.05) is 16.2 Å². The van der Waals surface area contributed by atoms with Crippen LogP contribution in [0.2, 0.25) is 0 Å². The van der Waals surface area contributed by atoms with Crippen LogP contribution in [0.3, 0.4) is 0 Å². The molecule has 1 N–H and O–H groups in total. The van der Waals surface area contributed by atoms with Gasteiger partial charge in [-0.15, -0.1) is 0 Å². The van der Waals surface area contributed by atoms with E-state index >= 15 is 0 Å². The first-order chi connectivity index (χ1) is 15.1. The van der Waals surface area contributed by atoms with Crippen LogP contribution in [0, 0.1) is 20.8 Å². The lowest BCUT2D eigenvalue weighted by Gasteiger charge is -2.38. The average molecular weight is 456 g/mol. The number of likely N-dealkylation sites (tertiary alicyclic amines) is 1. The van der Waals surface area contributed by atoms with Crippen molar-refractivity contribution in [2.24, 2.45) is 0 Å². The van der Waals surface area contributed by atoms with Gasteiger partial charge in [0.15, 0.2) is 0 Å². The monoisotopic (exact) mass is 455 g/mol. The fraction of sp³-hybridized carbons (Fsp3) is 0.417. The summed E-state index contributed by atoms with van der Waals surface area (Å²) in [5, 5.41) is 2.79. The van der Waals surface area contributed by atoms with E-state index in [4.69, 9.17) is 0 Å². The third-order valence-corrected chi connectivity index (χ3v) is 8.48. The van der Waals surface area contributed by atoms with E-state index in [1.807, 2.05) is 26.0 Å². The van der Waals surface area contributed by atoms with Gasteiger partial charge in [0.05, 0.1) is 22.7 Å². The van der Waals surface area contributed by atoms with Crippen LogP contribution in [-0.2, 0) is 19.6 Å². The molecule has 1 saturated heterocycles. The van der Waals surface area contributed by atoms with E-state index < -0.39 is 22.0 Å². The number of hydrogen-bond acceptors (Lipinski definition) is 4. The summed E-state index contributed by atoms with van der Waals surface area (Å²) >= 11 is 0. The van der Waals surface area contributed by atoms with Crippen LogP contribution in [0.25, 0.3) is 0 Å². The van der Waals surface area contributed by atoms with Gasteiger partial charge in [0.2, 0.25) is 11.8 Å². The molecule has 0 bridgehead atoms. The molecule has 2 heterocycles. The number of para-hydroxylation sites is 2. The molecule has 4 rings (SSSR count). The lowest BCUT2D eigenvalue weighted by molar-refractivity contribution is -0.133. The number of hydrogen-bond donors (Lipinski definition) is 1. The van der Waals surface area contributed by atoms with Gasteiger partial charge >= 0.3 is 0 Å². The summed E-state index contributed by atoms with van der Waals surface area (Å²) in [5.74, 6) is -0.693. The normalized spacial score (nSPS) is 20.8. The Morgan fingerprint density at radius 3 is 2.41 bits per heavy atom. The first kappa shape index (κ1) is 22.3. The molecule has 8 heteroatoms. The number of aryl methyl sites for hydroxylation is 3. The van der Waals surface area contributed by atoms with E-state index in [1.165, 1.54) is 0 Å². The highest BCUT2D eigenvalue weighted by molar-refractivity contribution is 7.93. The highest BCUT2D eigenvalue weighted by Crippen LogP contribution is 2.39. The van der Waals surface area contributed by atoms with Gasteiger partial charge in [-0.25, -0.2) is 8.42 Å². The molecular weight excluding hydrogens is 426 g/mol. The fourth-order valence-corrected chi connectivity index (χ4v) is 7.04. The summed E-state index contributed by atoms with van der Waals surface area (Å²) in [6.45, 7) is 8.05. The minimum atomic E-state index is -4.12. The van der Waals surface area contributed by atoms with Crippen molar-refractivity contribution in [3.63, 3.8) is 0 Å². The van der Waals surface area contributed by atoms with Gasteiger partial charge in [-0.1, -0.05) is 29.8 Å². The molecule has 2 aliphatic rings. The van der Waals surface area contributed by atoms with Crippen molar-refractivity contribution in [3.8, 4) is 0 Å². The Morgan fingerprint density at radius 2 is 1.78 bits per heavy atom. The molecule has 7 nitrogen and oxygen atoms in total. The van der Waals surface area contributed by atoms with Gasteiger partial charge in [0, 0.05) is 12.6 Å². The van der Waals surface area contributed by atoms with Crippen LogP contribution in [0.1, 0.15) is 42.9 Å². The molecular formula is C24H29N3O4S. The number of carbonyl (C=O) groups is 2. The SMILES string of the molecule is Cc1cc(C)c(S(=O)(=O)N2c3ccccc3NC(=O)C2CC(=O)N2CCCC2C)c(C)c1. The predicted molar refractivity (Wildman–Crippen MR) is 124 cm³/mol. The summed E-state index contributed by atoms with van der Waals surface area (Å²) in [6.07, 6.45) is 1.62. The Morgan fingerprint density at radius 1 is 1.12 bits per heavy atom. The Kier molecular flexibility index (Phi) is 5.75. The molecule has 0 saturated carbocycles. The summed E-state index contributed by atoms with van der Waals surface area (Å²) in [4.78, 5) is 28.1. The first-order valence-electron chi connectivity index (χ1n) is 10.9. The van der Waals surface area contributed by atoms with E-state index in [9.17, 15) is 18.0 Å². The molecule has 170 valence electrons. The van der Waals surface area contributed by atoms with Gasteiger partial charge in [-0.2, -0.15) is 0 Å².